The molecule has 2 aromatic rings. The highest BCUT2D eigenvalue weighted by molar-refractivity contribution is 6.19. The van der Waals surface area contributed by atoms with Crippen molar-refractivity contribution in [3.05, 3.63) is 95.6 Å². The van der Waals surface area contributed by atoms with E-state index < -0.39 is 23.4 Å². The predicted molar refractivity (Wildman–Crippen MR) is 106 cm³/mol. The van der Waals surface area contributed by atoms with Gasteiger partial charge in [-0.25, -0.2) is 8.78 Å². The highest BCUT2D eigenvalue weighted by Gasteiger charge is 2.13. The van der Waals surface area contributed by atoms with Crippen LogP contribution >= 0.6 is 0 Å². The van der Waals surface area contributed by atoms with Gasteiger partial charge in [-0.3, -0.25) is 19.2 Å². The van der Waals surface area contributed by atoms with Crippen LogP contribution in [0.1, 0.15) is 10.4 Å². The number of hydrogen-bond donors (Lipinski definition) is 2. The minimum absolute atomic E-state index is 0.101. The van der Waals surface area contributed by atoms with Gasteiger partial charge >= 0.3 is 0 Å². The predicted octanol–water partition coefficient (Wildman–Crippen LogP) is 3.35. The molecule has 6 nitrogen and oxygen atoms in total. The van der Waals surface area contributed by atoms with E-state index in [9.17, 15) is 28.0 Å². The first-order valence-corrected chi connectivity index (χ1v) is 8.65. The summed E-state index contributed by atoms with van der Waals surface area (Å²) in [6.07, 6.45) is 5.76. The van der Waals surface area contributed by atoms with Crippen LogP contribution < -0.4 is 10.6 Å². The summed E-state index contributed by atoms with van der Waals surface area (Å²) in [5, 5.41) is 5.02. The van der Waals surface area contributed by atoms with Crippen molar-refractivity contribution in [2.24, 2.45) is 0 Å². The summed E-state index contributed by atoms with van der Waals surface area (Å²) < 4.78 is 26.6. The molecule has 0 heterocycles. The van der Waals surface area contributed by atoms with E-state index in [0.717, 1.165) is 36.4 Å². The smallest absolute Gasteiger partial charge is 0.258 e. The van der Waals surface area contributed by atoms with Gasteiger partial charge in [-0.1, -0.05) is 0 Å². The topological polar surface area (TPSA) is 92.3 Å². The van der Waals surface area contributed by atoms with E-state index in [1.807, 2.05) is 0 Å². The van der Waals surface area contributed by atoms with Crippen LogP contribution in [0, 0.1) is 11.6 Å². The number of allylic oxidation sites excluding steroid dienone is 5. The number of rotatable bonds is 5. The van der Waals surface area contributed by atoms with Crippen molar-refractivity contribution < 1.29 is 28.0 Å². The van der Waals surface area contributed by atoms with Gasteiger partial charge in [0.2, 0.25) is 5.91 Å². The van der Waals surface area contributed by atoms with Gasteiger partial charge in [-0.15, -0.1) is 0 Å². The molecule has 2 amide bonds. The summed E-state index contributed by atoms with van der Waals surface area (Å²) in [5.74, 6) is -3.77. The first-order valence-electron chi connectivity index (χ1n) is 8.65. The van der Waals surface area contributed by atoms with E-state index in [-0.39, 0.29) is 22.7 Å². The minimum Gasteiger partial charge on any atom is -0.323 e. The number of nitrogens with one attached hydrogen (secondary N) is 2. The van der Waals surface area contributed by atoms with Crippen molar-refractivity contribution in [2.45, 2.75) is 0 Å². The fourth-order valence-corrected chi connectivity index (χ4v) is 2.52. The second-order valence-corrected chi connectivity index (χ2v) is 6.18. The van der Waals surface area contributed by atoms with Crippen molar-refractivity contribution in [3.63, 3.8) is 0 Å². The maximum Gasteiger partial charge on any atom is 0.258 e. The lowest BCUT2D eigenvalue weighted by molar-refractivity contribution is -0.114. The van der Waals surface area contributed by atoms with Crippen LogP contribution in [0.3, 0.4) is 0 Å². The number of ketones is 2. The van der Waals surface area contributed by atoms with Crippen molar-refractivity contribution in [1.82, 2.24) is 0 Å². The van der Waals surface area contributed by atoms with E-state index in [1.54, 1.807) is 0 Å². The largest absolute Gasteiger partial charge is 0.323 e. The quantitative estimate of drug-likeness (QED) is 0.586. The molecule has 1 aliphatic rings. The molecule has 0 spiro atoms. The molecule has 0 aliphatic heterocycles. The average molecular weight is 408 g/mol. The first-order chi connectivity index (χ1) is 14.3. The van der Waals surface area contributed by atoms with Crippen LogP contribution in [0.15, 0.2) is 78.4 Å². The van der Waals surface area contributed by atoms with Crippen molar-refractivity contribution in [3.8, 4) is 0 Å². The summed E-state index contributed by atoms with van der Waals surface area (Å²) in [6.45, 7) is 0. The summed E-state index contributed by atoms with van der Waals surface area (Å²) in [7, 11) is 0. The molecule has 0 aromatic heterocycles. The highest BCUT2D eigenvalue weighted by atomic mass is 19.1. The molecule has 0 atom stereocenters. The van der Waals surface area contributed by atoms with E-state index in [2.05, 4.69) is 10.6 Å². The molecular formula is C22H14F2N2O4. The van der Waals surface area contributed by atoms with Crippen LogP contribution in [-0.4, -0.2) is 23.4 Å². The lowest BCUT2D eigenvalue weighted by atomic mass is 10.0. The van der Waals surface area contributed by atoms with Crippen LogP contribution in [0.25, 0.3) is 0 Å². The second-order valence-electron chi connectivity index (χ2n) is 6.18. The molecule has 30 heavy (non-hydrogen) atoms. The number of carbonyl (C=O) groups excluding carboxylic acids is 4. The number of carbonyl (C=O) groups is 4. The molecule has 2 N–H and O–H groups in total. The van der Waals surface area contributed by atoms with Crippen LogP contribution in [0.4, 0.5) is 20.2 Å². The fourth-order valence-electron chi connectivity index (χ4n) is 2.52. The number of amides is 2. The Bertz CT molecular complexity index is 1130. The molecule has 0 fully saturated rings. The number of benzene rings is 2. The van der Waals surface area contributed by atoms with Crippen molar-refractivity contribution in [1.29, 1.82) is 0 Å². The Labute approximate surface area is 169 Å². The fraction of sp³-hybridized carbons (Fsp3) is 0. The van der Waals surface area contributed by atoms with Gasteiger partial charge in [0, 0.05) is 29.1 Å². The SMILES string of the molecule is O=C1C=CC(=O)C(/C=C/C(=O)Nc2ccc(NC(=O)c3ccc(F)cc3F)cc2)=C1. The van der Waals surface area contributed by atoms with Crippen molar-refractivity contribution >= 4 is 34.8 Å². The van der Waals surface area contributed by atoms with E-state index in [0.29, 0.717) is 17.4 Å². The van der Waals surface area contributed by atoms with E-state index >= 15 is 0 Å². The molecule has 0 saturated heterocycles. The van der Waals surface area contributed by atoms with E-state index in [1.165, 1.54) is 30.3 Å². The molecule has 0 saturated carbocycles. The summed E-state index contributed by atoms with van der Waals surface area (Å²) >= 11 is 0. The molecule has 2 aromatic carbocycles. The standard InChI is InChI=1S/C22H14F2N2O4/c23-14-2-8-18(19(24)12-14)22(30)26-16-5-3-15(4-6-16)25-21(29)10-1-13-11-17(27)7-9-20(13)28/h1-12H,(H,25,29)(H,26,30)/b10-1+. The molecule has 1 aliphatic carbocycles. The van der Waals surface area contributed by atoms with Crippen LogP contribution in [-0.2, 0) is 14.4 Å². The molecule has 0 unspecified atom stereocenters. The van der Waals surface area contributed by atoms with Gasteiger partial charge in [0.15, 0.2) is 11.6 Å². The van der Waals surface area contributed by atoms with Gasteiger partial charge in [-0.05, 0) is 60.7 Å². The summed E-state index contributed by atoms with van der Waals surface area (Å²) in [4.78, 5) is 46.9. The first kappa shape index (κ1) is 20.5. The van der Waals surface area contributed by atoms with Gasteiger partial charge < -0.3 is 10.6 Å². The Morgan fingerprint density at radius 2 is 1.53 bits per heavy atom. The molecule has 150 valence electrons. The minimum atomic E-state index is -0.980. The Morgan fingerprint density at radius 3 is 2.20 bits per heavy atom. The Kier molecular flexibility index (Phi) is 6.07. The van der Waals surface area contributed by atoms with Crippen molar-refractivity contribution in [2.75, 3.05) is 10.6 Å². The molecule has 0 bridgehead atoms. The normalized spacial score (nSPS) is 13.3. The van der Waals surface area contributed by atoms with Crippen LogP contribution in [0.5, 0.6) is 0 Å². The Morgan fingerprint density at radius 1 is 0.867 bits per heavy atom. The summed E-state index contributed by atoms with van der Waals surface area (Å²) in [6, 6.07) is 8.60. The number of hydrogen-bond acceptors (Lipinski definition) is 4. The third-order valence-corrected chi connectivity index (χ3v) is 3.98. The highest BCUT2D eigenvalue weighted by Crippen LogP contribution is 2.16. The second kappa shape index (κ2) is 8.87. The monoisotopic (exact) mass is 408 g/mol. The summed E-state index contributed by atoms with van der Waals surface area (Å²) in [5.41, 5.74) is 0.526. The van der Waals surface area contributed by atoms with Gasteiger partial charge in [0.05, 0.1) is 5.56 Å². The zero-order chi connectivity index (χ0) is 21.7. The average Bonchev–Trinajstić information content (AvgIpc) is 2.70. The number of anilines is 2. The molecule has 3 rings (SSSR count). The zero-order valence-corrected chi connectivity index (χ0v) is 15.3. The van der Waals surface area contributed by atoms with E-state index in [4.69, 9.17) is 0 Å². The molecule has 0 radical (unpaired) electrons. The zero-order valence-electron chi connectivity index (χ0n) is 15.3. The van der Waals surface area contributed by atoms with Gasteiger partial charge in [0.1, 0.15) is 11.6 Å². The van der Waals surface area contributed by atoms with Gasteiger partial charge in [-0.2, -0.15) is 0 Å². The lowest BCUT2D eigenvalue weighted by Gasteiger charge is -2.08. The third-order valence-electron chi connectivity index (χ3n) is 3.98. The van der Waals surface area contributed by atoms with Crippen LogP contribution in [0.2, 0.25) is 0 Å². The number of halogens is 2. The Balaban J connectivity index is 1.59. The molecular weight excluding hydrogens is 394 g/mol. The maximum atomic E-state index is 13.7. The maximum absolute atomic E-state index is 13.7. The molecule has 8 heteroatoms. The third kappa shape index (κ3) is 5.20. The van der Waals surface area contributed by atoms with Gasteiger partial charge in [0.25, 0.3) is 5.91 Å². The lowest BCUT2D eigenvalue weighted by Crippen LogP contribution is -2.14. The Hall–Kier alpha value is -4.20.